The van der Waals surface area contributed by atoms with Gasteiger partial charge in [-0.15, -0.1) is 0 Å². The molecule has 0 saturated carbocycles. The Morgan fingerprint density at radius 2 is 2.27 bits per heavy atom. The van der Waals surface area contributed by atoms with Crippen LogP contribution in [-0.2, 0) is 0 Å². The lowest BCUT2D eigenvalue weighted by Gasteiger charge is -2.13. The average Bonchev–Trinajstić information content (AvgIpc) is 2.83. The number of amides is 1. The van der Waals surface area contributed by atoms with E-state index in [1.807, 2.05) is 29.7 Å². The molecule has 0 unspecified atom stereocenters. The third kappa shape index (κ3) is 3.24. The van der Waals surface area contributed by atoms with E-state index in [-0.39, 0.29) is 5.91 Å². The maximum Gasteiger partial charge on any atom is 0.270 e. The molecule has 4 nitrogen and oxygen atoms in total. The molecule has 0 radical (unpaired) electrons. The first-order chi connectivity index (χ1) is 10.6. The van der Waals surface area contributed by atoms with Gasteiger partial charge in [0.25, 0.3) is 5.91 Å². The van der Waals surface area contributed by atoms with E-state index < -0.39 is 0 Å². The lowest BCUT2D eigenvalue weighted by Crippen LogP contribution is -2.26. The van der Waals surface area contributed by atoms with Gasteiger partial charge in [0.2, 0.25) is 0 Å². The highest BCUT2D eigenvalue weighted by atomic mass is 79.9. The zero-order chi connectivity index (χ0) is 15.5. The topological polar surface area (TPSA) is 46.4 Å². The van der Waals surface area contributed by atoms with Crippen molar-refractivity contribution >= 4 is 27.5 Å². The first kappa shape index (κ1) is 15.3. The van der Waals surface area contributed by atoms with Crippen LogP contribution in [0.25, 0.3) is 5.65 Å². The maximum atomic E-state index is 12.5. The summed E-state index contributed by atoms with van der Waals surface area (Å²) in [6.07, 6.45) is 10.1. The first-order valence-corrected chi connectivity index (χ1v) is 8.55. The van der Waals surface area contributed by atoms with Crippen molar-refractivity contribution in [2.24, 2.45) is 0 Å². The third-order valence-electron chi connectivity index (χ3n) is 4.09. The monoisotopic (exact) mass is 361 g/mol. The van der Waals surface area contributed by atoms with Gasteiger partial charge in [0.15, 0.2) is 0 Å². The number of carbonyl (C=O) groups excluding carboxylic acids is 1. The average molecular weight is 362 g/mol. The summed E-state index contributed by atoms with van der Waals surface area (Å²) in [6.45, 7) is 2.56. The second-order valence-electron chi connectivity index (χ2n) is 5.74. The van der Waals surface area contributed by atoms with Crippen molar-refractivity contribution in [3.05, 3.63) is 45.8 Å². The molecular formula is C17H20BrN3O. The van der Waals surface area contributed by atoms with Gasteiger partial charge < -0.3 is 5.32 Å². The molecule has 0 spiro atoms. The molecule has 2 aromatic rings. The molecule has 22 heavy (non-hydrogen) atoms. The van der Waals surface area contributed by atoms with Gasteiger partial charge in [0.1, 0.15) is 11.3 Å². The predicted molar refractivity (Wildman–Crippen MR) is 91.1 cm³/mol. The van der Waals surface area contributed by atoms with E-state index in [9.17, 15) is 4.79 Å². The van der Waals surface area contributed by atoms with Crippen LogP contribution < -0.4 is 5.32 Å². The van der Waals surface area contributed by atoms with Crippen molar-refractivity contribution in [2.45, 2.75) is 39.0 Å². The number of nitrogens with zero attached hydrogens (tertiary/aromatic N) is 2. The van der Waals surface area contributed by atoms with Gasteiger partial charge in [-0.05, 0) is 67.1 Å². The Kier molecular flexibility index (Phi) is 4.62. The third-order valence-corrected chi connectivity index (χ3v) is 4.56. The Morgan fingerprint density at radius 1 is 1.41 bits per heavy atom. The number of carbonyl (C=O) groups is 1. The van der Waals surface area contributed by atoms with Gasteiger partial charge in [0, 0.05) is 17.2 Å². The highest BCUT2D eigenvalue weighted by Gasteiger charge is 2.16. The second kappa shape index (κ2) is 6.65. The smallest absolute Gasteiger partial charge is 0.270 e. The second-order valence-corrected chi connectivity index (χ2v) is 6.65. The zero-order valence-electron chi connectivity index (χ0n) is 12.7. The van der Waals surface area contributed by atoms with Gasteiger partial charge in [0.05, 0.1) is 5.69 Å². The number of rotatable bonds is 4. The quantitative estimate of drug-likeness (QED) is 0.835. The summed E-state index contributed by atoms with van der Waals surface area (Å²) >= 11 is 3.44. The fourth-order valence-corrected chi connectivity index (χ4v) is 3.30. The predicted octanol–water partition coefficient (Wildman–Crippen LogP) is 4.03. The molecule has 0 fully saturated rings. The van der Waals surface area contributed by atoms with Gasteiger partial charge in [-0.2, -0.15) is 0 Å². The van der Waals surface area contributed by atoms with Crippen LogP contribution in [0, 0.1) is 6.92 Å². The fraction of sp³-hybridized carbons (Fsp3) is 0.412. The van der Waals surface area contributed by atoms with Crippen molar-refractivity contribution < 1.29 is 4.79 Å². The normalized spacial score (nSPS) is 14.9. The molecule has 0 bridgehead atoms. The summed E-state index contributed by atoms with van der Waals surface area (Å²) in [5, 5.41) is 3.03. The summed E-state index contributed by atoms with van der Waals surface area (Å²) in [4.78, 5) is 16.9. The number of nitrogens with one attached hydrogen (secondary N) is 1. The van der Waals surface area contributed by atoms with Gasteiger partial charge >= 0.3 is 0 Å². The summed E-state index contributed by atoms with van der Waals surface area (Å²) in [5.41, 5.74) is 3.64. The van der Waals surface area contributed by atoms with E-state index in [2.05, 4.69) is 32.3 Å². The molecule has 1 aliphatic rings. The van der Waals surface area contributed by atoms with Crippen LogP contribution in [0.15, 0.2) is 34.5 Å². The van der Waals surface area contributed by atoms with Crippen LogP contribution in [0.5, 0.6) is 0 Å². The molecule has 1 aliphatic carbocycles. The minimum atomic E-state index is -0.0560. The van der Waals surface area contributed by atoms with E-state index in [4.69, 9.17) is 0 Å². The van der Waals surface area contributed by atoms with Crippen LogP contribution in [0.2, 0.25) is 0 Å². The molecule has 0 atom stereocenters. The number of pyridine rings is 1. The minimum absolute atomic E-state index is 0.0560. The number of aryl methyl sites for hydroxylation is 1. The number of halogens is 1. The summed E-state index contributed by atoms with van der Waals surface area (Å²) in [6, 6.07) is 3.83. The van der Waals surface area contributed by atoms with Gasteiger partial charge in [-0.25, -0.2) is 4.98 Å². The number of allylic oxidation sites excluding steroid dienone is 1. The van der Waals surface area contributed by atoms with E-state index in [0.29, 0.717) is 12.2 Å². The van der Waals surface area contributed by atoms with Crippen molar-refractivity contribution in [1.82, 2.24) is 14.7 Å². The maximum absolute atomic E-state index is 12.5. The highest BCUT2D eigenvalue weighted by molar-refractivity contribution is 9.10. The molecule has 0 aliphatic heterocycles. The molecule has 0 saturated heterocycles. The van der Waals surface area contributed by atoms with Crippen LogP contribution >= 0.6 is 15.9 Å². The molecule has 1 amide bonds. The minimum Gasteiger partial charge on any atom is -0.350 e. The van der Waals surface area contributed by atoms with Crippen LogP contribution in [0.3, 0.4) is 0 Å². The van der Waals surface area contributed by atoms with E-state index in [1.54, 1.807) is 0 Å². The van der Waals surface area contributed by atoms with E-state index in [1.165, 1.54) is 31.3 Å². The Balaban J connectivity index is 1.70. The number of hydrogen-bond acceptors (Lipinski definition) is 2. The molecule has 1 N–H and O–H groups in total. The Morgan fingerprint density at radius 3 is 3.05 bits per heavy atom. The molecule has 2 aromatic heterocycles. The number of aromatic nitrogens is 2. The van der Waals surface area contributed by atoms with E-state index >= 15 is 0 Å². The lowest BCUT2D eigenvalue weighted by molar-refractivity contribution is 0.0947. The van der Waals surface area contributed by atoms with Crippen LogP contribution in [0.4, 0.5) is 0 Å². The van der Waals surface area contributed by atoms with Gasteiger partial charge in [-0.3, -0.25) is 9.20 Å². The lowest BCUT2D eigenvalue weighted by atomic mass is 9.97. The van der Waals surface area contributed by atoms with Crippen molar-refractivity contribution in [3.8, 4) is 0 Å². The van der Waals surface area contributed by atoms with Gasteiger partial charge in [-0.1, -0.05) is 11.6 Å². The van der Waals surface area contributed by atoms with Crippen molar-refractivity contribution in [3.63, 3.8) is 0 Å². The van der Waals surface area contributed by atoms with Crippen LogP contribution in [0.1, 0.15) is 48.3 Å². The summed E-state index contributed by atoms with van der Waals surface area (Å²) in [5.74, 6) is -0.0560. The molecule has 116 valence electrons. The van der Waals surface area contributed by atoms with E-state index in [0.717, 1.165) is 22.2 Å². The zero-order valence-corrected chi connectivity index (χ0v) is 14.3. The molecule has 2 heterocycles. The number of fused-ring (bicyclic) bond motifs is 1. The molecule has 5 heteroatoms. The summed E-state index contributed by atoms with van der Waals surface area (Å²) < 4.78 is 2.77. The number of imidazole rings is 1. The van der Waals surface area contributed by atoms with Crippen LogP contribution in [-0.4, -0.2) is 21.8 Å². The SMILES string of the molecule is Cc1nc2ccc(Br)cn2c1C(=O)NCCC1=CCCCC1. The largest absolute Gasteiger partial charge is 0.350 e. The molecule has 3 rings (SSSR count). The highest BCUT2D eigenvalue weighted by Crippen LogP contribution is 2.20. The molecule has 0 aromatic carbocycles. The Hall–Kier alpha value is -1.62. The van der Waals surface area contributed by atoms with Crippen molar-refractivity contribution in [2.75, 3.05) is 6.54 Å². The number of hydrogen-bond donors (Lipinski definition) is 1. The molecular weight excluding hydrogens is 342 g/mol. The summed E-state index contributed by atoms with van der Waals surface area (Å²) in [7, 11) is 0. The Bertz CT molecular complexity index is 733. The fourth-order valence-electron chi connectivity index (χ4n) is 2.96. The Labute approximate surface area is 138 Å². The standard InChI is InChI=1S/C17H20BrN3O/c1-12-16(21-11-14(18)7-8-15(21)20-12)17(22)19-10-9-13-5-3-2-4-6-13/h5,7-8,11H,2-4,6,9-10H2,1H3,(H,19,22). The first-order valence-electron chi connectivity index (χ1n) is 7.75. The van der Waals surface area contributed by atoms with Crippen molar-refractivity contribution in [1.29, 1.82) is 0 Å².